The Morgan fingerprint density at radius 1 is 1.03 bits per heavy atom. The van der Waals surface area contributed by atoms with Crippen LogP contribution in [0.4, 0.5) is 5.82 Å². The van der Waals surface area contributed by atoms with Crippen LogP contribution in [-0.2, 0) is 4.74 Å². The maximum absolute atomic E-state index is 13.2. The van der Waals surface area contributed by atoms with E-state index in [0.717, 1.165) is 101 Å². The topological polar surface area (TPSA) is 140 Å². The molecule has 7 unspecified atom stereocenters. The minimum atomic E-state index is -0.173. The van der Waals surface area contributed by atoms with E-state index in [1.165, 1.54) is 17.7 Å². The lowest BCUT2D eigenvalue weighted by Crippen LogP contribution is -2.54. The van der Waals surface area contributed by atoms with Gasteiger partial charge in [-0.2, -0.15) is 5.26 Å². The zero-order valence-corrected chi connectivity index (χ0v) is 35.8. The summed E-state index contributed by atoms with van der Waals surface area (Å²) >= 11 is 2.10. The molecule has 313 valence electrons. The Hall–Kier alpha value is -3.80. The number of carbonyl (C=O) groups excluding carboxylic acids is 1. The van der Waals surface area contributed by atoms with Crippen LogP contribution in [0.2, 0.25) is 0 Å². The van der Waals surface area contributed by atoms with E-state index in [2.05, 4.69) is 106 Å². The first-order valence-corrected chi connectivity index (χ1v) is 23.1. The van der Waals surface area contributed by atoms with E-state index in [0.29, 0.717) is 28.2 Å². The molecule has 12 nitrogen and oxygen atoms in total. The van der Waals surface area contributed by atoms with Crippen LogP contribution in [0.5, 0.6) is 5.75 Å². The summed E-state index contributed by atoms with van der Waals surface area (Å²) in [5.41, 5.74) is 11.0. The van der Waals surface area contributed by atoms with Crippen LogP contribution >= 0.6 is 11.8 Å². The molecule has 9 rings (SSSR count). The number of thioether (sulfide) groups is 1. The number of aromatic nitrogens is 2. The Morgan fingerprint density at radius 3 is 2.59 bits per heavy atom. The van der Waals surface area contributed by atoms with Crippen molar-refractivity contribution in [2.75, 3.05) is 24.5 Å². The zero-order chi connectivity index (χ0) is 40.7. The van der Waals surface area contributed by atoms with Gasteiger partial charge in [0.15, 0.2) is 11.5 Å². The molecule has 3 N–H and O–H groups in total. The Labute approximate surface area is 354 Å². The molecule has 1 spiro atoms. The van der Waals surface area contributed by atoms with Crippen LogP contribution in [0, 0.1) is 40.6 Å². The maximum atomic E-state index is 13.2. The summed E-state index contributed by atoms with van der Waals surface area (Å²) in [7, 11) is 0. The monoisotopic (exact) mass is 818 g/mol. The quantitative estimate of drug-likeness (QED) is 0.230. The van der Waals surface area contributed by atoms with E-state index in [1.54, 1.807) is 0 Å². The minimum absolute atomic E-state index is 0.0823. The molecule has 1 amide bonds. The fourth-order valence-corrected chi connectivity index (χ4v) is 12.6. The van der Waals surface area contributed by atoms with Crippen LogP contribution < -0.4 is 25.8 Å². The number of benzene rings is 1. The summed E-state index contributed by atoms with van der Waals surface area (Å²) in [6.45, 7) is 11.7. The van der Waals surface area contributed by atoms with Gasteiger partial charge in [0.1, 0.15) is 11.9 Å². The van der Waals surface area contributed by atoms with Gasteiger partial charge in [0.2, 0.25) is 0 Å². The fraction of sp³-hybridized carbons (Fsp3) is 0.609. The molecule has 13 heteroatoms. The highest BCUT2D eigenvalue weighted by molar-refractivity contribution is 8.00. The van der Waals surface area contributed by atoms with Crippen LogP contribution in [0.25, 0.3) is 0 Å². The van der Waals surface area contributed by atoms with Crippen LogP contribution in [0.15, 0.2) is 65.2 Å². The average molecular weight is 819 g/mol. The molecule has 3 saturated heterocycles. The Kier molecular flexibility index (Phi) is 11.9. The molecule has 7 atom stereocenters. The third kappa shape index (κ3) is 8.45. The number of fused-ring (bicyclic) bond motifs is 3. The second kappa shape index (κ2) is 17.3. The smallest absolute Gasteiger partial charge is 0.272 e. The molecule has 1 radical (unpaired) electrons. The number of allylic oxidation sites excluding steroid dienone is 2. The van der Waals surface area contributed by atoms with Gasteiger partial charge in [-0.3, -0.25) is 14.7 Å². The van der Waals surface area contributed by atoms with Gasteiger partial charge in [-0.15, -0.1) is 22.0 Å². The van der Waals surface area contributed by atoms with Crippen molar-refractivity contribution in [3.63, 3.8) is 0 Å². The Bertz CT molecular complexity index is 1950. The van der Waals surface area contributed by atoms with Crippen molar-refractivity contribution in [1.82, 2.24) is 31.3 Å². The van der Waals surface area contributed by atoms with E-state index in [9.17, 15) is 10.1 Å². The predicted octanol–water partition coefficient (Wildman–Crippen LogP) is 6.93. The summed E-state index contributed by atoms with van der Waals surface area (Å²) < 4.78 is 12.9. The lowest BCUT2D eigenvalue weighted by molar-refractivity contribution is -0.0239. The SMILES string of the molecule is CCCC1=C[C](OC2CCC(NC(=O)c3ccc(N4CCCC5(CC(Oc6ccc(C7=NCC8NNC(C)N8C8SC(C)C(C)C78)cc6)C5)C4)nn3)CC2)C=CC1C#N. The highest BCUT2D eigenvalue weighted by Gasteiger charge is 2.51. The summed E-state index contributed by atoms with van der Waals surface area (Å²) in [5, 5.41) is 22.6. The predicted molar refractivity (Wildman–Crippen MR) is 231 cm³/mol. The molecule has 5 heterocycles. The normalized spacial score (nSPS) is 35.8. The number of nitrogens with one attached hydrogen (secondary N) is 3. The van der Waals surface area contributed by atoms with Crippen LogP contribution in [0.1, 0.15) is 108 Å². The van der Waals surface area contributed by atoms with Gasteiger partial charge in [-0.05, 0) is 130 Å². The molecule has 1 aromatic heterocycles. The number of nitriles is 1. The first-order valence-electron chi connectivity index (χ1n) is 22.2. The fourth-order valence-electron chi connectivity index (χ4n) is 10.7. The molecule has 5 fully saturated rings. The van der Waals surface area contributed by atoms with Crippen molar-refractivity contribution in [2.24, 2.45) is 28.2 Å². The van der Waals surface area contributed by atoms with Gasteiger partial charge in [0, 0.05) is 36.0 Å². The third-order valence-corrected chi connectivity index (χ3v) is 15.8. The minimum Gasteiger partial charge on any atom is -0.490 e. The van der Waals surface area contributed by atoms with Gasteiger partial charge < -0.3 is 19.7 Å². The summed E-state index contributed by atoms with van der Waals surface area (Å²) in [5.74, 6) is 2.36. The van der Waals surface area contributed by atoms with E-state index in [4.69, 9.17) is 14.5 Å². The van der Waals surface area contributed by atoms with Crippen LogP contribution in [-0.4, -0.2) is 87.6 Å². The molecular formula is C46H60N9O3S. The molecule has 1 aromatic carbocycles. The van der Waals surface area contributed by atoms with Crippen molar-refractivity contribution in [1.29, 1.82) is 5.26 Å². The van der Waals surface area contributed by atoms with Crippen LogP contribution in [0.3, 0.4) is 0 Å². The lowest BCUT2D eigenvalue weighted by Gasteiger charge is -2.52. The van der Waals surface area contributed by atoms with Crippen molar-refractivity contribution in [3.8, 4) is 11.8 Å². The summed E-state index contributed by atoms with van der Waals surface area (Å²) in [6.07, 6.45) is 17.2. The number of piperidine rings is 1. The lowest BCUT2D eigenvalue weighted by atomic mass is 9.62. The number of hydrogen-bond acceptors (Lipinski definition) is 12. The zero-order valence-electron chi connectivity index (χ0n) is 35.0. The highest BCUT2D eigenvalue weighted by Crippen LogP contribution is 2.50. The molecule has 3 aliphatic carbocycles. The van der Waals surface area contributed by atoms with Crippen molar-refractivity contribution in [3.05, 3.63) is 77.6 Å². The third-order valence-electron chi connectivity index (χ3n) is 14.1. The second-order valence-electron chi connectivity index (χ2n) is 18.1. The Balaban J connectivity index is 0.737. The number of carbonyl (C=O) groups is 1. The number of nitrogens with zero attached hydrogens (tertiary/aromatic N) is 6. The molecule has 4 aliphatic heterocycles. The number of rotatable bonds is 10. The number of ether oxygens (including phenoxy) is 2. The van der Waals surface area contributed by atoms with E-state index < -0.39 is 0 Å². The maximum Gasteiger partial charge on any atom is 0.272 e. The van der Waals surface area contributed by atoms with Crippen molar-refractivity contribution in [2.45, 2.75) is 133 Å². The molecule has 7 aliphatic rings. The van der Waals surface area contributed by atoms with E-state index in [-0.39, 0.29) is 47.8 Å². The first kappa shape index (κ1) is 40.6. The summed E-state index contributed by atoms with van der Waals surface area (Å²) in [4.78, 5) is 23.4. The summed E-state index contributed by atoms with van der Waals surface area (Å²) in [6, 6.07) is 15.0. The highest BCUT2D eigenvalue weighted by atomic mass is 32.2. The van der Waals surface area contributed by atoms with Gasteiger partial charge in [-0.25, -0.2) is 10.9 Å². The number of anilines is 1. The molecule has 0 bridgehead atoms. The van der Waals surface area contributed by atoms with Gasteiger partial charge >= 0.3 is 0 Å². The largest absolute Gasteiger partial charge is 0.490 e. The van der Waals surface area contributed by atoms with Crippen molar-refractivity contribution < 1.29 is 14.3 Å². The molecule has 2 aromatic rings. The average Bonchev–Trinajstić information content (AvgIpc) is 3.69. The second-order valence-corrected chi connectivity index (χ2v) is 19.6. The number of hydrogen-bond donors (Lipinski definition) is 3. The van der Waals surface area contributed by atoms with E-state index in [1.807, 2.05) is 30.4 Å². The number of hydrazine groups is 1. The van der Waals surface area contributed by atoms with Gasteiger partial charge in [0.05, 0.1) is 48.4 Å². The van der Waals surface area contributed by atoms with Gasteiger partial charge in [-0.1, -0.05) is 38.8 Å². The number of amides is 1. The Morgan fingerprint density at radius 2 is 1.85 bits per heavy atom. The number of aliphatic imine (C=N–C) groups is 1. The van der Waals surface area contributed by atoms with E-state index >= 15 is 0 Å². The first-order chi connectivity index (χ1) is 28.7. The molecule has 59 heavy (non-hydrogen) atoms. The molecular weight excluding hydrogens is 759 g/mol. The molecule has 2 saturated carbocycles. The van der Waals surface area contributed by atoms with Gasteiger partial charge in [0.25, 0.3) is 5.91 Å². The van der Waals surface area contributed by atoms with Crippen molar-refractivity contribution >= 4 is 29.2 Å². The standard InChI is InChI=1S/C46H60N9O3S/c1-5-7-32-22-37(15-10-33(32)25-47)57-36-16-11-34(12-17-36)49-44(56)39-18-19-40(52-51-39)54-21-6-20-46(27-54)23-38(24-46)58-35-13-8-31(9-14-35)43-42-28(2)29(3)59-45(42)55-30(4)50-53-41(55)26-48-43/h8-10,13-15,18-19,22,28-30,33-34,36,38,41-42,45,50,53H,5-7,11-12,16-17,20-21,23-24,26-27H2,1-4H3,(H,49,56).